The van der Waals surface area contributed by atoms with Crippen molar-refractivity contribution in [1.82, 2.24) is 20.3 Å². The van der Waals surface area contributed by atoms with Crippen molar-refractivity contribution in [2.24, 2.45) is 0 Å². The van der Waals surface area contributed by atoms with Crippen LogP contribution < -0.4 is 5.32 Å². The van der Waals surface area contributed by atoms with E-state index in [1.54, 1.807) is 0 Å². The van der Waals surface area contributed by atoms with Crippen LogP contribution in [-0.4, -0.2) is 21.5 Å². The number of nitrogens with zero attached hydrogens (tertiary/aromatic N) is 3. The predicted octanol–water partition coefficient (Wildman–Crippen LogP) is 11.2. The third-order valence-electron chi connectivity index (χ3n) is 9.71. The number of hydrogen-bond donors (Lipinski definition) is 1. The number of aromatic nitrogens is 3. The second kappa shape index (κ2) is 11.9. The molecule has 5 aromatic carbocycles. The molecule has 5 heterocycles. The molecule has 5 heteroatoms. The Bertz CT molecular complexity index is 2850. The molecular weight excluding hydrogens is 625 g/mol. The molecule has 1 aliphatic rings. The molecule has 0 aliphatic carbocycles. The van der Waals surface area contributed by atoms with Gasteiger partial charge in [-0.05, 0) is 82.9 Å². The van der Waals surface area contributed by atoms with Gasteiger partial charge >= 0.3 is 0 Å². The van der Waals surface area contributed by atoms with Crippen molar-refractivity contribution in [2.45, 2.75) is 0 Å². The van der Waals surface area contributed by atoms with Crippen LogP contribution in [0.2, 0.25) is 0 Å². The van der Waals surface area contributed by atoms with Gasteiger partial charge < -0.3 is 9.73 Å². The molecule has 0 fully saturated rings. The van der Waals surface area contributed by atoms with E-state index in [9.17, 15) is 0 Å². The number of furan rings is 1. The molecule has 0 saturated carbocycles. The molecule has 0 bridgehead atoms. The molecule has 5 nitrogen and oxygen atoms in total. The summed E-state index contributed by atoms with van der Waals surface area (Å²) in [7, 11) is 0. The highest BCUT2D eigenvalue weighted by Gasteiger charge is 2.18. The maximum Gasteiger partial charge on any atom is 0.144 e. The highest BCUT2D eigenvalue weighted by Crippen LogP contribution is 2.42. The number of nitrogens with one attached hydrogen (secondary N) is 1. The van der Waals surface area contributed by atoms with Crippen LogP contribution in [-0.2, 0) is 0 Å². The topological polar surface area (TPSA) is 63.8 Å². The average Bonchev–Trinajstić information content (AvgIpc) is 3.59. The normalized spacial score (nSPS) is 12.8. The van der Waals surface area contributed by atoms with E-state index in [2.05, 4.69) is 138 Å². The van der Waals surface area contributed by atoms with Crippen LogP contribution in [0.3, 0.4) is 0 Å². The maximum absolute atomic E-state index is 6.72. The van der Waals surface area contributed by atoms with Crippen molar-refractivity contribution in [2.75, 3.05) is 6.54 Å². The zero-order chi connectivity index (χ0) is 33.7. The van der Waals surface area contributed by atoms with Crippen LogP contribution in [0, 0.1) is 0 Å². The van der Waals surface area contributed by atoms with Gasteiger partial charge in [0.1, 0.15) is 11.2 Å². The Morgan fingerprint density at radius 3 is 2.18 bits per heavy atom. The average molecular weight is 655 g/mol. The molecule has 4 aromatic heterocycles. The summed E-state index contributed by atoms with van der Waals surface area (Å²) in [6, 6.07) is 48.6. The van der Waals surface area contributed by atoms with Gasteiger partial charge in [0.2, 0.25) is 0 Å². The maximum atomic E-state index is 6.72. The molecule has 0 unspecified atom stereocenters. The Hall–Kier alpha value is -6.85. The molecule has 1 aliphatic heterocycles. The Balaban J connectivity index is 1.12. The zero-order valence-corrected chi connectivity index (χ0v) is 27.5. The van der Waals surface area contributed by atoms with E-state index in [1.807, 2.05) is 36.5 Å². The summed E-state index contributed by atoms with van der Waals surface area (Å²) in [5.41, 5.74) is 12.7. The van der Waals surface area contributed by atoms with E-state index in [1.165, 1.54) is 0 Å². The molecule has 10 rings (SSSR count). The minimum absolute atomic E-state index is 0.772. The molecule has 0 saturated heterocycles. The first-order valence-corrected chi connectivity index (χ1v) is 17.2. The summed E-state index contributed by atoms with van der Waals surface area (Å²) in [5.74, 6) is 0. The van der Waals surface area contributed by atoms with Crippen LogP contribution in [0.1, 0.15) is 5.69 Å². The van der Waals surface area contributed by atoms with E-state index in [4.69, 9.17) is 14.4 Å². The van der Waals surface area contributed by atoms with Gasteiger partial charge in [-0.1, -0.05) is 97.1 Å². The first-order valence-electron chi connectivity index (χ1n) is 17.2. The smallest absolute Gasteiger partial charge is 0.144 e. The van der Waals surface area contributed by atoms with Crippen molar-refractivity contribution < 1.29 is 4.42 Å². The highest BCUT2D eigenvalue weighted by molar-refractivity contribution is 6.24. The Labute approximate surface area is 294 Å². The number of allylic oxidation sites excluding steroid dienone is 2. The third kappa shape index (κ3) is 5.06. The summed E-state index contributed by atoms with van der Waals surface area (Å²) in [4.78, 5) is 14.7. The molecule has 0 spiro atoms. The predicted molar refractivity (Wildman–Crippen MR) is 209 cm³/mol. The highest BCUT2D eigenvalue weighted by atomic mass is 16.3. The fourth-order valence-electron chi connectivity index (χ4n) is 7.26. The van der Waals surface area contributed by atoms with E-state index >= 15 is 0 Å². The van der Waals surface area contributed by atoms with Gasteiger partial charge in [-0.25, -0.2) is 9.97 Å². The lowest BCUT2D eigenvalue weighted by molar-refractivity contribution is 0.673. The fraction of sp³-hybridized carbons (Fsp3) is 0.0217. The second-order valence-corrected chi connectivity index (χ2v) is 12.8. The molecule has 0 radical (unpaired) electrons. The number of dihydropyridines is 1. The molecule has 0 amide bonds. The third-order valence-corrected chi connectivity index (χ3v) is 9.71. The number of fused-ring (bicyclic) bond motifs is 7. The Morgan fingerprint density at radius 1 is 0.529 bits per heavy atom. The number of pyridine rings is 3. The van der Waals surface area contributed by atoms with Gasteiger partial charge in [-0.15, -0.1) is 0 Å². The summed E-state index contributed by atoms with van der Waals surface area (Å²) in [6.45, 7) is 0.772. The number of hydrogen-bond acceptors (Lipinski definition) is 5. The van der Waals surface area contributed by atoms with Gasteiger partial charge in [-0.3, -0.25) is 4.98 Å². The molecule has 0 atom stereocenters. The standard InChI is InChI=1S/C46H30N4O/c1-2-11-29(12-3-1)45-36-21-20-34-37-26-32(19-22-43(37)51-46(34)44(36)35-15-4-5-16-38(35)50-45)30-13-10-14-31(25-30)33-27-41(39-17-6-8-23-47-39)49-42(28-33)40-18-7-9-24-48-40/h1-23,25-28,48H,24H2. The zero-order valence-electron chi connectivity index (χ0n) is 27.5. The summed E-state index contributed by atoms with van der Waals surface area (Å²) in [6.07, 6.45) is 8.05. The van der Waals surface area contributed by atoms with E-state index in [0.717, 1.165) is 106 Å². The minimum Gasteiger partial charge on any atom is -0.455 e. The second-order valence-electron chi connectivity index (χ2n) is 12.8. The quantitative estimate of drug-likeness (QED) is 0.187. The van der Waals surface area contributed by atoms with Crippen LogP contribution in [0.25, 0.3) is 94.2 Å². The molecule has 51 heavy (non-hydrogen) atoms. The van der Waals surface area contributed by atoms with Crippen molar-refractivity contribution in [3.63, 3.8) is 0 Å². The first-order chi connectivity index (χ1) is 25.3. The van der Waals surface area contributed by atoms with Gasteiger partial charge in [-0.2, -0.15) is 0 Å². The van der Waals surface area contributed by atoms with Gasteiger partial charge in [0.25, 0.3) is 0 Å². The fourth-order valence-corrected chi connectivity index (χ4v) is 7.26. The molecular formula is C46H30N4O. The molecule has 1 N–H and O–H groups in total. The lowest BCUT2D eigenvalue weighted by atomic mass is 9.96. The van der Waals surface area contributed by atoms with Crippen molar-refractivity contribution in [1.29, 1.82) is 0 Å². The number of rotatable bonds is 5. The minimum atomic E-state index is 0.772. The molecule has 240 valence electrons. The van der Waals surface area contributed by atoms with Crippen LogP contribution in [0.4, 0.5) is 0 Å². The first kappa shape index (κ1) is 29.1. The van der Waals surface area contributed by atoms with Crippen LogP contribution >= 0.6 is 0 Å². The largest absolute Gasteiger partial charge is 0.455 e. The monoisotopic (exact) mass is 654 g/mol. The van der Waals surface area contributed by atoms with Gasteiger partial charge in [0.15, 0.2) is 0 Å². The van der Waals surface area contributed by atoms with Crippen LogP contribution in [0.15, 0.2) is 168 Å². The van der Waals surface area contributed by atoms with Crippen molar-refractivity contribution >= 4 is 49.3 Å². The number of benzene rings is 5. The number of para-hydroxylation sites is 1. The Morgan fingerprint density at radius 2 is 1.31 bits per heavy atom. The molecule has 9 aromatic rings. The van der Waals surface area contributed by atoms with E-state index in [0.29, 0.717) is 0 Å². The van der Waals surface area contributed by atoms with E-state index in [-0.39, 0.29) is 0 Å². The van der Waals surface area contributed by atoms with Crippen LogP contribution in [0.5, 0.6) is 0 Å². The van der Waals surface area contributed by atoms with Gasteiger partial charge in [0.05, 0.1) is 34.0 Å². The van der Waals surface area contributed by atoms with Crippen molar-refractivity contribution in [3.8, 4) is 44.9 Å². The lowest BCUT2D eigenvalue weighted by Crippen LogP contribution is -2.15. The van der Waals surface area contributed by atoms with Crippen molar-refractivity contribution in [3.05, 3.63) is 170 Å². The SMILES string of the molecule is C1=CCNC(c2cc(-c3cccc(-c4ccc5oc6c(ccc7c(-c8ccccc8)nc8ccccc8c76)c5c4)c3)cc(-c3ccccn3)n2)=C1. The summed E-state index contributed by atoms with van der Waals surface area (Å²) < 4.78 is 6.72. The lowest BCUT2D eigenvalue weighted by Gasteiger charge is -2.15. The van der Waals surface area contributed by atoms with E-state index < -0.39 is 0 Å². The Kier molecular flexibility index (Phi) is 6.81. The summed E-state index contributed by atoms with van der Waals surface area (Å²) >= 11 is 0. The summed E-state index contributed by atoms with van der Waals surface area (Å²) in [5, 5.41) is 8.90. The van der Waals surface area contributed by atoms with Gasteiger partial charge in [0, 0.05) is 45.2 Å².